The number of aromatic nitrogens is 1. The van der Waals surface area contributed by atoms with Crippen molar-refractivity contribution in [3.8, 4) is 10.6 Å². The van der Waals surface area contributed by atoms with E-state index in [-0.39, 0.29) is 0 Å². The van der Waals surface area contributed by atoms with Gasteiger partial charge < -0.3 is 9.30 Å². The summed E-state index contributed by atoms with van der Waals surface area (Å²) in [6, 6.07) is 12.7. The normalized spacial score (nSPS) is 16.3. The maximum Gasteiger partial charge on any atom is 0.190 e. The van der Waals surface area contributed by atoms with Crippen LogP contribution >= 0.6 is 22.7 Å². The van der Waals surface area contributed by atoms with Crippen molar-refractivity contribution in [2.75, 3.05) is 32.8 Å². The first-order valence-corrected chi connectivity index (χ1v) is 10.7. The second kappa shape index (κ2) is 8.31. The van der Waals surface area contributed by atoms with Crippen molar-refractivity contribution >= 4 is 28.4 Å². The lowest BCUT2D eigenvalue weighted by atomic mass is 10.2. The van der Waals surface area contributed by atoms with Crippen molar-refractivity contribution in [3.63, 3.8) is 0 Å². The van der Waals surface area contributed by atoms with E-state index in [2.05, 4.69) is 63.5 Å². The highest BCUT2D eigenvalue weighted by Gasteiger charge is 2.13. The van der Waals surface area contributed by atoms with Crippen molar-refractivity contribution in [2.45, 2.75) is 13.5 Å². The number of rotatable bonds is 5. The standard InChI is InChI=1S/C20H23N3OS2/c1-16-4-6-17(7-5-16)21-20-23(9-8-22-10-12-24-13-11-22)18(15-26-20)19-3-2-14-25-19/h2-7,14-15H,8-13H2,1H3. The molecule has 3 heterocycles. The first-order valence-electron chi connectivity index (χ1n) is 8.93. The average molecular weight is 386 g/mol. The number of aryl methyl sites for hydroxylation is 1. The fraction of sp³-hybridized carbons (Fsp3) is 0.350. The Bertz CT molecular complexity index is 888. The molecule has 0 unspecified atom stereocenters. The highest BCUT2D eigenvalue weighted by Crippen LogP contribution is 2.25. The van der Waals surface area contributed by atoms with Crippen LogP contribution in [0, 0.1) is 6.92 Å². The summed E-state index contributed by atoms with van der Waals surface area (Å²) in [5.74, 6) is 0. The molecule has 0 amide bonds. The molecule has 4 rings (SSSR count). The fourth-order valence-electron chi connectivity index (χ4n) is 3.05. The summed E-state index contributed by atoms with van der Waals surface area (Å²) >= 11 is 3.50. The van der Waals surface area contributed by atoms with E-state index in [0.29, 0.717) is 0 Å². The molecule has 0 bridgehead atoms. The summed E-state index contributed by atoms with van der Waals surface area (Å²) in [6.45, 7) is 7.79. The van der Waals surface area contributed by atoms with Crippen LogP contribution < -0.4 is 4.80 Å². The monoisotopic (exact) mass is 385 g/mol. The minimum absolute atomic E-state index is 0.840. The van der Waals surface area contributed by atoms with Gasteiger partial charge in [0, 0.05) is 31.6 Å². The Hall–Kier alpha value is -1.73. The molecule has 0 N–H and O–H groups in total. The van der Waals surface area contributed by atoms with Gasteiger partial charge in [0.15, 0.2) is 4.80 Å². The van der Waals surface area contributed by atoms with Gasteiger partial charge >= 0.3 is 0 Å². The van der Waals surface area contributed by atoms with Gasteiger partial charge in [-0.2, -0.15) is 0 Å². The van der Waals surface area contributed by atoms with Gasteiger partial charge in [0.1, 0.15) is 0 Å². The van der Waals surface area contributed by atoms with Crippen LogP contribution in [0.15, 0.2) is 52.2 Å². The summed E-state index contributed by atoms with van der Waals surface area (Å²) in [6.07, 6.45) is 0. The van der Waals surface area contributed by atoms with E-state index in [1.807, 2.05) is 0 Å². The lowest BCUT2D eigenvalue weighted by Crippen LogP contribution is -2.39. The molecule has 0 atom stereocenters. The summed E-state index contributed by atoms with van der Waals surface area (Å²) in [5.41, 5.74) is 3.54. The minimum atomic E-state index is 0.840. The Labute approximate surface area is 162 Å². The smallest absolute Gasteiger partial charge is 0.190 e. The lowest BCUT2D eigenvalue weighted by molar-refractivity contribution is 0.0363. The van der Waals surface area contributed by atoms with Crippen molar-refractivity contribution in [1.82, 2.24) is 9.47 Å². The number of thiophene rings is 1. The number of ether oxygens (including phenoxy) is 1. The molecule has 0 spiro atoms. The van der Waals surface area contributed by atoms with Crippen LogP contribution in [-0.2, 0) is 11.3 Å². The molecule has 0 radical (unpaired) electrons. The van der Waals surface area contributed by atoms with Crippen LogP contribution in [0.1, 0.15) is 5.56 Å². The van der Waals surface area contributed by atoms with E-state index in [1.54, 1.807) is 22.7 Å². The molecule has 4 nitrogen and oxygen atoms in total. The third-order valence-corrected chi connectivity index (χ3v) is 6.33. The van der Waals surface area contributed by atoms with Crippen LogP contribution in [0.25, 0.3) is 10.6 Å². The highest BCUT2D eigenvalue weighted by atomic mass is 32.1. The van der Waals surface area contributed by atoms with Gasteiger partial charge in [-0.05, 0) is 30.5 Å². The maximum atomic E-state index is 5.47. The first kappa shape index (κ1) is 17.7. The summed E-state index contributed by atoms with van der Waals surface area (Å²) < 4.78 is 7.84. The third kappa shape index (κ3) is 4.15. The van der Waals surface area contributed by atoms with Gasteiger partial charge in [-0.3, -0.25) is 4.90 Å². The Morgan fingerprint density at radius 2 is 1.85 bits per heavy atom. The highest BCUT2D eigenvalue weighted by molar-refractivity contribution is 7.14. The zero-order chi connectivity index (χ0) is 17.8. The predicted octanol–water partition coefficient (Wildman–Crippen LogP) is 4.15. The molecular weight excluding hydrogens is 362 g/mol. The molecule has 0 aliphatic carbocycles. The number of thiazole rings is 1. The zero-order valence-corrected chi connectivity index (χ0v) is 16.6. The van der Waals surface area contributed by atoms with E-state index in [9.17, 15) is 0 Å². The van der Waals surface area contributed by atoms with Gasteiger partial charge in [-0.15, -0.1) is 22.7 Å². The number of hydrogen-bond acceptors (Lipinski definition) is 5. The van der Waals surface area contributed by atoms with Gasteiger partial charge in [-0.1, -0.05) is 23.8 Å². The topological polar surface area (TPSA) is 29.8 Å². The molecule has 136 valence electrons. The van der Waals surface area contributed by atoms with Gasteiger partial charge in [0.25, 0.3) is 0 Å². The number of benzene rings is 1. The molecule has 1 saturated heterocycles. The van der Waals surface area contributed by atoms with Crippen LogP contribution in [-0.4, -0.2) is 42.3 Å². The Morgan fingerprint density at radius 1 is 1.04 bits per heavy atom. The van der Waals surface area contributed by atoms with Gasteiger partial charge in [0.05, 0.1) is 29.5 Å². The Balaban J connectivity index is 1.65. The Kier molecular flexibility index (Phi) is 5.65. The van der Waals surface area contributed by atoms with Crippen LogP contribution in [0.2, 0.25) is 0 Å². The lowest BCUT2D eigenvalue weighted by Gasteiger charge is -2.26. The second-order valence-corrected chi connectivity index (χ2v) is 8.22. The second-order valence-electron chi connectivity index (χ2n) is 6.43. The molecule has 6 heteroatoms. The minimum Gasteiger partial charge on any atom is -0.379 e. The van der Waals surface area contributed by atoms with E-state index >= 15 is 0 Å². The third-order valence-electron chi connectivity index (χ3n) is 4.57. The summed E-state index contributed by atoms with van der Waals surface area (Å²) in [7, 11) is 0. The van der Waals surface area contributed by atoms with Crippen molar-refractivity contribution < 1.29 is 4.74 Å². The van der Waals surface area contributed by atoms with Crippen molar-refractivity contribution in [1.29, 1.82) is 0 Å². The predicted molar refractivity (Wildman–Crippen MR) is 109 cm³/mol. The van der Waals surface area contributed by atoms with E-state index in [1.165, 1.54) is 16.1 Å². The molecule has 1 aliphatic rings. The summed E-state index contributed by atoms with van der Waals surface area (Å²) in [4.78, 5) is 9.75. The molecule has 3 aromatic rings. The quantitative estimate of drug-likeness (QED) is 0.660. The molecule has 26 heavy (non-hydrogen) atoms. The molecule has 1 fully saturated rings. The molecule has 1 aliphatic heterocycles. The van der Waals surface area contributed by atoms with Gasteiger partial charge in [-0.25, -0.2) is 4.99 Å². The van der Waals surface area contributed by atoms with Crippen LogP contribution in [0.5, 0.6) is 0 Å². The molecular formula is C20H23N3OS2. The Morgan fingerprint density at radius 3 is 2.58 bits per heavy atom. The van der Waals surface area contributed by atoms with E-state index in [4.69, 9.17) is 9.73 Å². The largest absolute Gasteiger partial charge is 0.379 e. The van der Waals surface area contributed by atoms with E-state index in [0.717, 1.165) is 49.9 Å². The van der Waals surface area contributed by atoms with Crippen LogP contribution in [0.3, 0.4) is 0 Å². The zero-order valence-electron chi connectivity index (χ0n) is 14.9. The summed E-state index contributed by atoms with van der Waals surface area (Å²) in [5, 5.41) is 4.37. The molecule has 0 saturated carbocycles. The van der Waals surface area contributed by atoms with Gasteiger partial charge in [0.2, 0.25) is 0 Å². The van der Waals surface area contributed by atoms with Crippen molar-refractivity contribution in [2.24, 2.45) is 4.99 Å². The average Bonchev–Trinajstić information content (AvgIpc) is 3.32. The van der Waals surface area contributed by atoms with Crippen LogP contribution in [0.4, 0.5) is 5.69 Å². The number of nitrogens with zero attached hydrogens (tertiary/aromatic N) is 3. The first-order chi connectivity index (χ1) is 12.8. The molecule has 2 aromatic heterocycles. The SMILES string of the molecule is Cc1ccc(N=c2scc(-c3cccs3)n2CCN2CCOCC2)cc1. The van der Waals surface area contributed by atoms with E-state index < -0.39 is 0 Å². The number of morpholine rings is 1. The van der Waals surface area contributed by atoms with Crippen molar-refractivity contribution in [3.05, 3.63) is 57.5 Å². The number of hydrogen-bond donors (Lipinski definition) is 0. The maximum absolute atomic E-state index is 5.47. The molecule has 1 aromatic carbocycles. The fourth-order valence-corrected chi connectivity index (χ4v) is 4.82.